The Kier molecular flexibility index (Phi) is 4.61. The zero-order valence-corrected chi connectivity index (χ0v) is 15.8. The van der Waals surface area contributed by atoms with Crippen molar-refractivity contribution in [3.05, 3.63) is 34.9 Å². The molecule has 0 unspecified atom stereocenters. The molecule has 1 aromatic carbocycles. The minimum atomic E-state index is -0.539. The third kappa shape index (κ3) is 2.57. The molecule has 0 radical (unpaired) electrons. The van der Waals surface area contributed by atoms with Crippen molar-refractivity contribution >= 4 is 11.7 Å². The highest BCUT2D eigenvalue weighted by Crippen LogP contribution is 2.60. The predicted molar refractivity (Wildman–Crippen MR) is 100 cm³/mol. The second-order valence-corrected chi connectivity index (χ2v) is 8.33. The number of benzene rings is 1. The number of aliphatic hydroxyl groups is 2. The summed E-state index contributed by atoms with van der Waals surface area (Å²) in [6.07, 6.45) is 2.67. The summed E-state index contributed by atoms with van der Waals surface area (Å²) in [4.78, 5) is 25.0. The summed E-state index contributed by atoms with van der Waals surface area (Å²) in [5.41, 5.74) is 2.19. The summed E-state index contributed by atoms with van der Waals surface area (Å²) in [6, 6.07) is 5.55. The summed E-state index contributed by atoms with van der Waals surface area (Å²) in [5, 5.41) is 26.7. The van der Waals surface area contributed by atoms with Gasteiger partial charge in [0, 0.05) is 29.7 Å². The van der Waals surface area contributed by atoms with E-state index in [-0.39, 0.29) is 30.9 Å². The van der Waals surface area contributed by atoms with Crippen LogP contribution in [0.4, 0.5) is 0 Å². The minimum Gasteiger partial charge on any atom is -0.396 e. The lowest BCUT2D eigenvalue weighted by atomic mass is 9.43. The van der Waals surface area contributed by atoms with E-state index < -0.39 is 16.9 Å². The number of carbonyl (C=O) groups is 2. The second-order valence-electron chi connectivity index (χ2n) is 8.33. The van der Waals surface area contributed by atoms with Crippen molar-refractivity contribution in [2.24, 2.45) is 5.41 Å². The molecule has 1 amide bonds. The standard InChI is InChI=1S/C21H28N2O4/c1-2-19(27)23-16-9-21(12-25)18-8-14-4-3-13(11-24)7-15(14)20(21,5-6-22-18)10-17(16)26/h3-4,7,16,18,22,24-25H,2,5-6,8-12H2,1H3,(H,23,27)/t16-,18+,20+,21+/m0/s1. The van der Waals surface area contributed by atoms with E-state index in [4.69, 9.17) is 0 Å². The van der Waals surface area contributed by atoms with Gasteiger partial charge in [0.25, 0.3) is 0 Å². The molecule has 1 heterocycles. The average Bonchev–Trinajstić information content (AvgIpc) is 2.68. The van der Waals surface area contributed by atoms with E-state index in [1.165, 1.54) is 5.56 Å². The lowest BCUT2D eigenvalue weighted by Crippen LogP contribution is -2.72. The predicted octanol–water partition coefficient (Wildman–Crippen LogP) is 0.571. The summed E-state index contributed by atoms with van der Waals surface area (Å²) < 4.78 is 0. The van der Waals surface area contributed by atoms with Gasteiger partial charge in [-0.15, -0.1) is 0 Å². The molecule has 6 heteroatoms. The van der Waals surface area contributed by atoms with Gasteiger partial charge in [-0.25, -0.2) is 0 Å². The van der Waals surface area contributed by atoms with Gasteiger partial charge < -0.3 is 20.8 Å². The Balaban J connectivity index is 1.83. The number of carbonyl (C=O) groups excluding carboxylic acids is 2. The van der Waals surface area contributed by atoms with E-state index in [2.05, 4.69) is 16.7 Å². The van der Waals surface area contributed by atoms with E-state index in [9.17, 15) is 19.8 Å². The third-order valence-corrected chi connectivity index (χ3v) is 7.23. The van der Waals surface area contributed by atoms with E-state index in [0.717, 1.165) is 30.5 Å². The molecule has 2 aliphatic carbocycles. The zero-order valence-electron chi connectivity index (χ0n) is 15.8. The van der Waals surface area contributed by atoms with Crippen molar-refractivity contribution < 1.29 is 19.8 Å². The molecule has 4 N–H and O–H groups in total. The molecule has 1 aromatic rings. The van der Waals surface area contributed by atoms with E-state index in [1.807, 2.05) is 12.1 Å². The lowest BCUT2D eigenvalue weighted by molar-refractivity contribution is -0.142. The highest BCUT2D eigenvalue weighted by molar-refractivity contribution is 5.91. The summed E-state index contributed by atoms with van der Waals surface area (Å²) in [6.45, 7) is 2.50. The number of piperidine rings is 1. The largest absolute Gasteiger partial charge is 0.396 e. The van der Waals surface area contributed by atoms with Crippen molar-refractivity contribution in [1.29, 1.82) is 0 Å². The quantitative estimate of drug-likeness (QED) is 0.619. The van der Waals surface area contributed by atoms with Crippen molar-refractivity contribution in [2.75, 3.05) is 13.2 Å². The Bertz CT molecular complexity index is 779. The van der Waals surface area contributed by atoms with Crippen LogP contribution in [0.25, 0.3) is 0 Å². The van der Waals surface area contributed by atoms with Gasteiger partial charge in [0.15, 0.2) is 5.78 Å². The smallest absolute Gasteiger partial charge is 0.220 e. The van der Waals surface area contributed by atoms with Crippen molar-refractivity contribution in [2.45, 2.75) is 63.1 Å². The minimum absolute atomic E-state index is 0.0285. The van der Waals surface area contributed by atoms with Crippen molar-refractivity contribution in [1.82, 2.24) is 10.6 Å². The highest BCUT2D eigenvalue weighted by atomic mass is 16.3. The highest BCUT2D eigenvalue weighted by Gasteiger charge is 2.65. The zero-order chi connectivity index (χ0) is 19.2. The van der Waals surface area contributed by atoms with Crippen molar-refractivity contribution in [3.8, 4) is 0 Å². The number of hydrogen-bond acceptors (Lipinski definition) is 5. The maximum atomic E-state index is 13.1. The number of ketones is 1. The topological polar surface area (TPSA) is 98.7 Å². The Hall–Kier alpha value is -1.76. The fraction of sp³-hybridized carbons (Fsp3) is 0.619. The monoisotopic (exact) mass is 372 g/mol. The molecule has 1 saturated heterocycles. The fourth-order valence-electron chi connectivity index (χ4n) is 5.82. The van der Waals surface area contributed by atoms with Crippen LogP contribution in [0.2, 0.25) is 0 Å². The first-order valence-electron chi connectivity index (χ1n) is 9.89. The van der Waals surface area contributed by atoms with Crippen LogP contribution in [0.5, 0.6) is 0 Å². The lowest BCUT2D eigenvalue weighted by Gasteiger charge is -2.64. The number of nitrogens with one attached hydrogen (secondary N) is 2. The van der Waals surface area contributed by atoms with Crippen LogP contribution in [-0.2, 0) is 28.0 Å². The molecule has 6 nitrogen and oxygen atoms in total. The van der Waals surface area contributed by atoms with Gasteiger partial charge in [-0.05, 0) is 42.5 Å². The van der Waals surface area contributed by atoms with Crippen LogP contribution in [0.15, 0.2) is 18.2 Å². The molecule has 146 valence electrons. The summed E-state index contributed by atoms with van der Waals surface area (Å²) in [7, 11) is 0. The Morgan fingerprint density at radius 1 is 1.37 bits per heavy atom. The Morgan fingerprint density at radius 2 is 2.19 bits per heavy atom. The van der Waals surface area contributed by atoms with Gasteiger partial charge in [0.05, 0.1) is 19.3 Å². The van der Waals surface area contributed by atoms with Crippen LogP contribution in [0.3, 0.4) is 0 Å². The molecule has 4 atom stereocenters. The molecule has 4 rings (SSSR count). The number of hydrogen-bond donors (Lipinski definition) is 4. The van der Waals surface area contributed by atoms with Crippen molar-refractivity contribution in [3.63, 3.8) is 0 Å². The van der Waals surface area contributed by atoms with E-state index in [0.29, 0.717) is 19.3 Å². The van der Waals surface area contributed by atoms with Crippen LogP contribution in [0, 0.1) is 5.41 Å². The molecule has 27 heavy (non-hydrogen) atoms. The number of fused-ring (bicyclic) bond motifs is 1. The van der Waals surface area contributed by atoms with Crippen LogP contribution in [-0.4, -0.2) is 47.1 Å². The number of aliphatic hydroxyl groups excluding tert-OH is 2. The first-order chi connectivity index (χ1) is 13.0. The van der Waals surface area contributed by atoms with Crippen LogP contribution >= 0.6 is 0 Å². The first-order valence-corrected chi connectivity index (χ1v) is 9.89. The Morgan fingerprint density at radius 3 is 2.89 bits per heavy atom. The number of amides is 1. The maximum absolute atomic E-state index is 13.1. The van der Waals surface area contributed by atoms with Gasteiger partial charge in [0.1, 0.15) is 0 Å². The van der Waals surface area contributed by atoms with Gasteiger partial charge >= 0.3 is 0 Å². The van der Waals surface area contributed by atoms with Gasteiger partial charge in [-0.3, -0.25) is 9.59 Å². The van der Waals surface area contributed by atoms with Gasteiger partial charge in [-0.1, -0.05) is 25.1 Å². The molecule has 1 aliphatic heterocycles. The van der Waals surface area contributed by atoms with Crippen LogP contribution < -0.4 is 10.6 Å². The molecule has 3 aliphatic rings. The molecule has 2 fully saturated rings. The molecular formula is C21H28N2O4. The third-order valence-electron chi connectivity index (χ3n) is 7.23. The molecular weight excluding hydrogens is 344 g/mol. The normalized spacial score (nSPS) is 34.6. The Labute approximate surface area is 159 Å². The molecule has 0 spiro atoms. The number of rotatable bonds is 4. The summed E-state index contributed by atoms with van der Waals surface area (Å²) >= 11 is 0. The average molecular weight is 372 g/mol. The van der Waals surface area contributed by atoms with E-state index >= 15 is 0 Å². The van der Waals surface area contributed by atoms with Gasteiger partial charge in [-0.2, -0.15) is 0 Å². The summed E-state index contributed by atoms with van der Waals surface area (Å²) in [5.74, 6) is -0.0851. The fourth-order valence-corrected chi connectivity index (χ4v) is 5.82. The van der Waals surface area contributed by atoms with Crippen LogP contribution in [0.1, 0.15) is 49.3 Å². The molecule has 0 aromatic heterocycles. The van der Waals surface area contributed by atoms with Gasteiger partial charge in [0.2, 0.25) is 5.91 Å². The SMILES string of the molecule is CCC(=O)N[C@H]1C[C@@]2(CO)[C@H]3Cc4ccc(CO)cc4[C@@]2(CCN3)CC1=O. The molecule has 1 saturated carbocycles. The van der Waals surface area contributed by atoms with E-state index in [1.54, 1.807) is 6.92 Å². The second kappa shape index (κ2) is 6.69. The first kappa shape index (κ1) is 18.6. The maximum Gasteiger partial charge on any atom is 0.220 e. The molecule has 2 bridgehead atoms. The number of Topliss-reactive ketones (excluding diaryl/α,β-unsaturated/α-hetero) is 1.